The van der Waals surface area contributed by atoms with Crippen LogP contribution in [0.1, 0.15) is 0 Å². The molecular formula is C15H14N4O5. The molecule has 24 heavy (non-hydrogen) atoms. The van der Waals surface area contributed by atoms with Crippen molar-refractivity contribution in [1.82, 2.24) is 19.4 Å². The first-order valence-corrected chi connectivity index (χ1v) is 6.93. The average Bonchev–Trinajstić information content (AvgIpc) is 3.01. The Labute approximate surface area is 135 Å². The summed E-state index contributed by atoms with van der Waals surface area (Å²) in [6.07, 6.45) is 1.29. The molecule has 3 rings (SSSR count). The number of aliphatic carboxylic acids is 1. The normalized spacial score (nSPS) is 10.8. The number of fused-ring (bicyclic) bond motifs is 1. The SMILES string of the molecule is COc1ccc(OC)c(-c2cc3c(=O)n(CC(=O)O)ncn3n2)c1. The second kappa shape index (κ2) is 6.03. The molecule has 0 unspecified atom stereocenters. The molecule has 2 heterocycles. The van der Waals surface area contributed by atoms with E-state index in [0.29, 0.717) is 22.8 Å². The third-order valence-electron chi connectivity index (χ3n) is 3.46. The molecule has 2 aromatic heterocycles. The Morgan fingerprint density at radius 2 is 2.04 bits per heavy atom. The van der Waals surface area contributed by atoms with Gasteiger partial charge in [0.25, 0.3) is 5.56 Å². The van der Waals surface area contributed by atoms with Crippen molar-refractivity contribution in [2.24, 2.45) is 0 Å². The Kier molecular flexibility index (Phi) is 3.90. The van der Waals surface area contributed by atoms with Gasteiger partial charge in [0.1, 0.15) is 29.9 Å². The zero-order chi connectivity index (χ0) is 17.3. The van der Waals surface area contributed by atoms with Crippen LogP contribution in [0.5, 0.6) is 11.5 Å². The molecule has 0 saturated heterocycles. The van der Waals surface area contributed by atoms with E-state index in [9.17, 15) is 9.59 Å². The molecule has 0 amide bonds. The van der Waals surface area contributed by atoms with Gasteiger partial charge in [-0.25, -0.2) is 9.20 Å². The molecule has 3 aromatic rings. The van der Waals surface area contributed by atoms with Crippen LogP contribution in [0.3, 0.4) is 0 Å². The van der Waals surface area contributed by atoms with E-state index >= 15 is 0 Å². The lowest BCUT2D eigenvalue weighted by Gasteiger charge is -2.08. The van der Waals surface area contributed by atoms with Gasteiger partial charge in [-0.3, -0.25) is 9.59 Å². The number of nitrogens with zero attached hydrogens (tertiary/aromatic N) is 4. The molecule has 0 spiro atoms. The summed E-state index contributed by atoms with van der Waals surface area (Å²) >= 11 is 0. The van der Waals surface area contributed by atoms with Crippen LogP contribution in [0.2, 0.25) is 0 Å². The van der Waals surface area contributed by atoms with Crippen LogP contribution in [0.4, 0.5) is 0 Å². The van der Waals surface area contributed by atoms with Crippen LogP contribution in [0.25, 0.3) is 16.8 Å². The minimum atomic E-state index is -1.15. The van der Waals surface area contributed by atoms with Crippen LogP contribution < -0.4 is 15.0 Å². The number of methoxy groups -OCH3 is 2. The van der Waals surface area contributed by atoms with Gasteiger partial charge in [-0.05, 0) is 24.3 Å². The number of benzene rings is 1. The number of aromatic nitrogens is 4. The zero-order valence-corrected chi connectivity index (χ0v) is 13.0. The quantitative estimate of drug-likeness (QED) is 0.732. The van der Waals surface area contributed by atoms with Gasteiger partial charge in [0.05, 0.1) is 19.9 Å². The van der Waals surface area contributed by atoms with Crippen molar-refractivity contribution >= 4 is 11.5 Å². The summed E-state index contributed by atoms with van der Waals surface area (Å²) in [7, 11) is 3.08. The first kappa shape index (κ1) is 15.5. The molecule has 1 aromatic carbocycles. The molecule has 0 aliphatic carbocycles. The van der Waals surface area contributed by atoms with Gasteiger partial charge in [0.2, 0.25) is 0 Å². The monoisotopic (exact) mass is 330 g/mol. The third kappa shape index (κ3) is 2.67. The molecule has 0 atom stereocenters. The van der Waals surface area contributed by atoms with Crippen molar-refractivity contribution in [3.05, 3.63) is 40.9 Å². The van der Waals surface area contributed by atoms with Gasteiger partial charge >= 0.3 is 5.97 Å². The highest BCUT2D eigenvalue weighted by molar-refractivity contribution is 5.72. The molecule has 1 N–H and O–H groups in total. The summed E-state index contributed by atoms with van der Waals surface area (Å²) in [5.74, 6) is 0.0328. The maximum atomic E-state index is 12.3. The Morgan fingerprint density at radius 3 is 2.71 bits per heavy atom. The predicted molar refractivity (Wildman–Crippen MR) is 83.4 cm³/mol. The van der Waals surface area contributed by atoms with E-state index in [1.54, 1.807) is 31.4 Å². The van der Waals surface area contributed by atoms with Crippen molar-refractivity contribution in [2.75, 3.05) is 14.2 Å². The Hall–Kier alpha value is -3.36. The lowest BCUT2D eigenvalue weighted by atomic mass is 10.1. The van der Waals surface area contributed by atoms with Crippen LogP contribution in [0.15, 0.2) is 35.4 Å². The largest absolute Gasteiger partial charge is 0.497 e. The van der Waals surface area contributed by atoms with Crippen LogP contribution >= 0.6 is 0 Å². The lowest BCUT2D eigenvalue weighted by molar-refractivity contribution is -0.138. The first-order valence-electron chi connectivity index (χ1n) is 6.93. The summed E-state index contributed by atoms with van der Waals surface area (Å²) in [4.78, 5) is 23.1. The lowest BCUT2D eigenvalue weighted by Crippen LogP contribution is -2.27. The number of hydrogen-bond acceptors (Lipinski definition) is 6. The van der Waals surface area contributed by atoms with Crippen LogP contribution in [0, 0.1) is 0 Å². The fraction of sp³-hybridized carbons (Fsp3) is 0.200. The molecular weight excluding hydrogens is 316 g/mol. The van der Waals surface area contributed by atoms with Gasteiger partial charge < -0.3 is 14.6 Å². The van der Waals surface area contributed by atoms with E-state index in [1.807, 2.05) is 0 Å². The third-order valence-corrected chi connectivity index (χ3v) is 3.46. The summed E-state index contributed by atoms with van der Waals surface area (Å²) < 4.78 is 12.7. The minimum Gasteiger partial charge on any atom is -0.497 e. The Morgan fingerprint density at radius 1 is 1.25 bits per heavy atom. The minimum absolute atomic E-state index is 0.214. The molecule has 0 bridgehead atoms. The van der Waals surface area contributed by atoms with Crippen molar-refractivity contribution < 1.29 is 19.4 Å². The van der Waals surface area contributed by atoms with E-state index in [-0.39, 0.29) is 5.52 Å². The Balaban J connectivity index is 2.17. The van der Waals surface area contributed by atoms with Gasteiger partial charge in [0.15, 0.2) is 0 Å². The van der Waals surface area contributed by atoms with Crippen LogP contribution in [-0.4, -0.2) is 44.7 Å². The van der Waals surface area contributed by atoms with E-state index in [1.165, 1.54) is 18.0 Å². The smallest absolute Gasteiger partial charge is 0.325 e. The van der Waals surface area contributed by atoms with E-state index < -0.39 is 18.1 Å². The fourth-order valence-electron chi connectivity index (χ4n) is 2.32. The number of carbonyl (C=O) groups is 1. The van der Waals surface area contributed by atoms with Crippen LogP contribution in [-0.2, 0) is 11.3 Å². The summed E-state index contributed by atoms with van der Waals surface area (Å²) in [5.41, 5.74) is 0.800. The summed E-state index contributed by atoms with van der Waals surface area (Å²) in [5, 5.41) is 16.9. The number of hydrogen-bond donors (Lipinski definition) is 1. The molecule has 0 aliphatic heterocycles. The number of rotatable bonds is 5. The second-order valence-electron chi connectivity index (χ2n) is 4.91. The maximum absolute atomic E-state index is 12.3. The van der Waals surface area contributed by atoms with Gasteiger partial charge in [0, 0.05) is 5.56 Å². The van der Waals surface area contributed by atoms with E-state index in [2.05, 4.69) is 10.2 Å². The Bertz CT molecular complexity index is 976. The highest BCUT2D eigenvalue weighted by Crippen LogP contribution is 2.32. The van der Waals surface area contributed by atoms with Gasteiger partial charge in [-0.15, -0.1) is 0 Å². The highest BCUT2D eigenvalue weighted by atomic mass is 16.5. The second-order valence-corrected chi connectivity index (χ2v) is 4.91. The average molecular weight is 330 g/mol. The van der Waals surface area contributed by atoms with Crippen molar-refractivity contribution in [3.63, 3.8) is 0 Å². The topological polar surface area (TPSA) is 108 Å². The zero-order valence-electron chi connectivity index (χ0n) is 13.0. The highest BCUT2D eigenvalue weighted by Gasteiger charge is 2.15. The van der Waals surface area contributed by atoms with Gasteiger partial charge in [-0.2, -0.15) is 10.2 Å². The molecule has 9 nitrogen and oxygen atoms in total. The van der Waals surface area contributed by atoms with Crippen molar-refractivity contribution in [3.8, 4) is 22.8 Å². The maximum Gasteiger partial charge on any atom is 0.325 e. The molecule has 124 valence electrons. The molecule has 0 aliphatic rings. The number of carboxylic acids is 1. The van der Waals surface area contributed by atoms with E-state index in [0.717, 1.165) is 4.68 Å². The van der Waals surface area contributed by atoms with Gasteiger partial charge in [-0.1, -0.05) is 0 Å². The molecule has 0 radical (unpaired) electrons. The molecule has 9 heteroatoms. The molecule has 0 saturated carbocycles. The van der Waals surface area contributed by atoms with Crippen molar-refractivity contribution in [2.45, 2.75) is 6.54 Å². The first-order chi connectivity index (χ1) is 11.5. The van der Waals surface area contributed by atoms with E-state index in [4.69, 9.17) is 14.6 Å². The predicted octanol–water partition coefficient (Wildman–Crippen LogP) is 0.660. The summed E-state index contributed by atoms with van der Waals surface area (Å²) in [6.45, 7) is -0.516. The molecule has 0 fully saturated rings. The summed E-state index contributed by atoms with van der Waals surface area (Å²) in [6, 6.07) is 6.78. The number of ether oxygens (including phenoxy) is 2. The fourth-order valence-corrected chi connectivity index (χ4v) is 2.32. The standard InChI is InChI=1S/C15H14N4O5/c1-23-9-3-4-13(24-2)10(5-9)11-6-12-15(22)18(7-14(20)21)16-8-19(12)17-11/h3-6,8H,7H2,1-2H3,(H,20,21). The number of carboxylic acid groups (broad SMARTS) is 1. The van der Waals surface area contributed by atoms with Crippen molar-refractivity contribution in [1.29, 1.82) is 0 Å².